The second kappa shape index (κ2) is 8.09. The highest BCUT2D eigenvalue weighted by molar-refractivity contribution is 14.1. The van der Waals surface area contributed by atoms with Crippen molar-refractivity contribution < 1.29 is 8.78 Å². The van der Waals surface area contributed by atoms with E-state index in [9.17, 15) is 8.78 Å². The van der Waals surface area contributed by atoms with E-state index in [1.165, 1.54) is 57.8 Å². The van der Waals surface area contributed by atoms with Crippen LogP contribution in [0.2, 0.25) is 0 Å². The van der Waals surface area contributed by atoms with Crippen LogP contribution in [0.5, 0.6) is 0 Å². The Hall–Kier alpha value is -0.450. The molecular formula is C20H25F2I. The molecule has 0 radical (unpaired) electrons. The Balaban J connectivity index is 1.55. The minimum Gasteiger partial charge on any atom is -0.203 e. The zero-order valence-electron chi connectivity index (χ0n) is 13.5. The average molecular weight is 430 g/mol. The van der Waals surface area contributed by atoms with Crippen molar-refractivity contribution in [2.24, 2.45) is 17.8 Å². The van der Waals surface area contributed by atoms with Crippen molar-refractivity contribution in [3.63, 3.8) is 0 Å². The summed E-state index contributed by atoms with van der Waals surface area (Å²) in [6.45, 7) is 0. The molecule has 0 atom stereocenters. The predicted molar refractivity (Wildman–Crippen MR) is 100 cm³/mol. The van der Waals surface area contributed by atoms with Gasteiger partial charge in [-0.2, -0.15) is 0 Å². The summed E-state index contributed by atoms with van der Waals surface area (Å²) in [5.41, 5.74) is 0.373. The highest BCUT2D eigenvalue weighted by Gasteiger charge is 2.27. The minimum absolute atomic E-state index is 0.338. The van der Waals surface area contributed by atoms with Gasteiger partial charge in [-0.1, -0.05) is 50.3 Å². The van der Waals surface area contributed by atoms with Gasteiger partial charge < -0.3 is 0 Å². The lowest BCUT2D eigenvalue weighted by Crippen LogP contribution is -2.23. The van der Waals surface area contributed by atoms with E-state index in [2.05, 4.69) is 6.08 Å². The van der Waals surface area contributed by atoms with E-state index in [0.717, 1.165) is 11.8 Å². The van der Waals surface area contributed by atoms with Crippen molar-refractivity contribution in [3.8, 4) is 0 Å². The molecule has 23 heavy (non-hydrogen) atoms. The summed E-state index contributed by atoms with van der Waals surface area (Å²) in [6, 6.07) is 3.31. The van der Waals surface area contributed by atoms with Gasteiger partial charge in [0.05, 0.1) is 3.57 Å². The fourth-order valence-corrected chi connectivity index (χ4v) is 4.74. The van der Waals surface area contributed by atoms with Crippen molar-refractivity contribution in [2.75, 3.05) is 0 Å². The summed E-state index contributed by atoms with van der Waals surface area (Å²) in [6.07, 6.45) is 16.0. The molecule has 0 unspecified atom stereocenters. The highest BCUT2D eigenvalue weighted by Crippen LogP contribution is 2.40. The number of hydrogen-bond acceptors (Lipinski definition) is 0. The Morgan fingerprint density at radius 2 is 1.48 bits per heavy atom. The van der Waals surface area contributed by atoms with Crippen LogP contribution in [-0.4, -0.2) is 0 Å². The molecule has 0 aliphatic heterocycles. The molecule has 126 valence electrons. The third kappa shape index (κ3) is 4.34. The molecule has 1 aromatic rings. The second-order valence-electron chi connectivity index (χ2n) is 7.20. The Bertz CT molecular complexity index is 553. The van der Waals surface area contributed by atoms with Crippen LogP contribution >= 0.6 is 22.6 Å². The van der Waals surface area contributed by atoms with E-state index in [1.54, 1.807) is 18.2 Å². The summed E-state index contributed by atoms with van der Waals surface area (Å²) in [5, 5.41) is 0. The molecular weight excluding hydrogens is 405 g/mol. The van der Waals surface area contributed by atoms with Crippen LogP contribution in [-0.2, 0) is 0 Å². The van der Waals surface area contributed by atoms with E-state index in [0.29, 0.717) is 15.1 Å². The molecule has 0 aromatic heterocycles. The smallest absolute Gasteiger partial charge is 0.172 e. The predicted octanol–water partition coefficient (Wildman–Crippen LogP) is 6.97. The SMILES string of the molecule is Fc1c(I)ccc(/C=C\C2CCC(C3CCCCC3)CC2)c1F. The van der Waals surface area contributed by atoms with Gasteiger partial charge in [-0.15, -0.1) is 0 Å². The molecule has 2 saturated carbocycles. The van der Waals surface area contributed by atoms with E-state index in [4.69, 9.17) is 0 Å². The topological polar surface area (TPSA) is 0 Å². The molecule has 0 spiro atoms. The van der Waals surface area contributed by atoms with Crippen LogP contribution in [0.3, 0.4) is 0 Å². The van der Waals surface area contributed by atoms with Gasteiger partial charge in [-0.3, -0.25) is 0 Å². The fourth-order valence-electron chi connectivity index (χ4n) is 4.32. The molecule has 3 rings (SSSR count). The first-order valence-electron chi connectivity index (χ1n) is 8.97. The van der Waals surface area contributed by atoms with Crippen molar-refractivity contribution in [1.29, 1.82) is 0 Å². The van der Waals surface area contributed by atoms with Gasteiger partial charge in [0.25, 0.3) is 0 Å². The van der Waals surface area contributed by atoms with E-state index in [1.807, 2.05) is 22.6 Å². The Morgan fingerprint density at radius 3 is 2.17 bits per heavy atom. The second-order valence-corrected chi connectivity index (χ2v) is 8.36. The normalized spacial score (nSPS) is 26.7. The quantitative estimate of drug-likeness (QED) is 0.359. The Kier molecular flexibility index (Phi) is 6.11. The van der Waals surface area contributed by atoms with Gasteiger partial charge in [-0.05, 0) is 72.1 Å². The zero-order chi connectivity index (χ0) is 16.2. The van der Waals surface area contributed by atoms with Gasteiger partial charge in [-0.25, -0.2) is 8.78 Å². The third-order valence-corrected chi connectivity index (χ3v) is 6.58. The highest BCUT2D eigenvalue weighted by atomic mass is 127. The van der Waals surface area contributed by atoms with Gasteiger partial charge in [0.15, 0.2) is 11.6 Å². The lowest BCUT2D eigenvalue weighted by atomic mass is 9.71. The van der Waals surface area contributed by atoms with E-state index < -0.39 is 11.6 Å². The van der Waals surface area contributed by atoms with Gasteiger partial charge in [0.2, 0.25) is 0 Å². The fraction of sp³-hybridized carbons (Fsp3) is 0.600. The molecule has 0 saturated heterocycles. The maximum atomic E-state index is 13.9. The maximum Gasteiger partial charge on any atom is 0.172 e. The van der Waals surface area contributed by atoms with Gasteiger partial charge >= 0.3 is 0 Å². The Morgan fingerprint density at radius 1 is 0.826 bits per heavy atom. The average Bonchev–Trinajstić information content (AvgIpc) is 2.60. The molecule has 0 amide bonds. The largest absolute Gasteiger partial charge is 0.203 e. The van der Waals surface area contributed by atoms with Gasteiger partial charge in [0.1, 0.15) is 0 Å². The van der Waals surface area contributed by atoms with E-state index >= 15 is 0 Å². The number of benzene rings is 1. The number of halogens is 3. The molecule has 1 aromatic carbocycles. The monoisotopic (exact) mass is 430 g/mol. The van der Waals surface area contributed by atoms with Crippen LogP contribution in [0.1, 0.15) is 63.4 Å². The molecule has 0 nitrogen and oxygen atoms in total. The molecule has 2 fully saturated rings. The summed E-state index contributed by atoms with van der Waals surface area (Å²) >= 11 is 1.82. The summed E-state index contributed by atoms with van der Waals surface area (Å²) in [7, 11) is 0. The van der Waals surface area contributed by atoms with E-state index in [-0.39, 0.29) is 0 Å². The van der Waals surface area contributed by atoms with Crippen LogP contribution in [0.4, 0.5) is 8.78 Å². The molecule has 0 heterocycles. The van der Waals surface area contributed by atoms with Crippen LogP contribution in [0, 0.1) is 33.0 Å². The third-order valence-electron chi connectivity index (χ3n) is 5.75. The summed E-state index contributed by atoms with van der Waals surface area (Å²) in [4.78, 5) is 0. The Labute approximate surface area is 151 Å². The minimum atomic E-state index is -0.728. The number of allylic oxidation sites excluding steroid dienone is 1. The lowest BCUT2D eigenvalue weighted by Gasteiger charge is -2.35. The van der Waals surface area contributed by atoms with Crippen LogP contribution in [0.15, 0.2) is 18.2 Å². The zero-order valence-corrected chi connectivity index (χ0v) is 15.7. The maximum absolute atomic E-state index is 13.9. The van der Waals surface area contributed by atoms with Crippen molar-refractivity contribution in [2.45, 2.75) is 57.8 Å². The first-order valence-corrected chi connectivity index (χ1v) is 10.0. The summed E-state index contributed by atoms with van der Waals surface area (Å²) in [5.74, 6) is 0.943. The number of rotatable bonds is 3. The molecule has 3 heteroatoms. The molecule has 0 bridgehead atoms. The van der Waals surface area contributed by atoms with Crippen molar-refractivity contribution in [3.05, 3.63) is 39.0 Å². The lowest BCUT2D eigenvalue weighted by molar-refractivity contribution is 0.180. The number of hydrogen-bond donors (Lipinski definition) is 0. The summed E-state index contributed by atoms with van der Waals surface area (Å²) < 4.78 is 27.8. The standard InChI is InChI=1S/C20H25F2I/c21-19-17(12-13-18(23)20(19)22)11-8-14-6-9-16(10-7-14)15-4-2-1-3-5-15/h8,11-16H,1-7,9-10H2/b11-8-. The molecule has 2 aliphatic carbocycles. The van der Waals surface area contributed by atoms with Crippen LogP contribution < -0.4 is 0 Å². The first-order chi connectivity index (χ1) is 11.1. The molecule has 2 aliphatic rings. The molecule has 0 N–H and O–H groups in total. The van der Waals surface area contributed by atoms with Gasteiger partial charge in [0, 0.05) is 5.56 Å². The van der Waals surface area contributed by atoms with Crippen molar-refractivity contribution in [1.82, 2.24) is 0 Å². The van der Waals surface area contributed by atoms with Crippen LogP contribution in [0.25, 0.3) is 6.08 Å². The first kappa shape index (κ1) is 17.4. The van der Waals surface area contributed by atoms with Crippen molar-refractivity contribution >= 4 is 28.7 Å².